The second-order valence-electron chi connectivity index (χ2n) is 7.54. The van der Waals surface area contributed by atoms with Gasteiger partial charge in [-0.2, -0.15) is 0 Å². The van der Waals surface area contributed by atoms with Crippen LogP contribution >= 0.6 is 15.9 Å². The summed E-state index contributed by atoms with van der Waals surface area (Å²) in [5, 5.41) is 13.9. The summed E-state index contributed by atoms with van der Waals surface area (Å²) in [5.41, 5.74) is 0.107. The molecule has 5 heteroatoms. The number of rotatable bonds is 3. The molecule has 124 valence electrons. The van der Waals surface area contributed by atoms with Crippen LogP contribution in [-0.2, 0) is 0 Å². The number of carbonyl (C=O) groups excluding carboxylic acids is 1. The molecule has 1 amide bonds. The molecule has 0 aromatic heterocycles. The molecule has 4 bridgehead atoms. The van der Waals surface area contributed by atoms with Gasteiger partial charge in [0.15, 0.2) is 0 Å². The fraction of sp³-hybridized carbons (Fsp3) is 0.611. The number of methoxy groups -OCH3 is 1. The molecule has 0 heterocycles. The fourth-order valence-corrected chi connectivity index (χ4v) is 5.64. The second-order valence-corrected chi connectivity index (χ2v) is 8.45. The third-order valence-electron chi connectivity index (χ3n) is 5.95. The molecule has 0 saturated heterocycles. The number of benzene rings is 1. The van der Waals surface area contributed by atoms with E-state index < -0.39 is 5.60 Å². The van der Waals surface area contributed by atoms with Gasteiger partial charge in [0.1, 0.15) is 5.75 Å². The normalized spacial score (nSPS) is 37.7. The monoisotopic (exact) mass is 379 g/mol. The number of carbonyl (C=O) groups is 1. The smallest absolute Gasteiger partial charge is 0.255 e. The Morgan fingerprint density at radius 3 is 2.61 bits per heavy atom. The van der Waals surface area contributed by atoms with Crippen LogP contribution < -0.4 is 10.1 Å². The lowest BCUT2D eigenvalue weighted by Crippen LogP contribution is -2.61. The maximum Gasteiger partial charge on any atom is 0.255 e. The molecule has 2 N–H and O–H groups in total. The molecule has 2 atom stereocenters. The minimum absolute atomic E-state index is 0.0705. The van der Waals surface area contributed by atoms with Gasteiger partial charge in [0.2, 0.25) is 0 Å². The number of amides is 1. The van der Waals surface area contributed by atoms with E-state index in [-0.39, 0.29) is 11.9 Å². The van der Waals surface area contributed by atoms with Crippen molar-refractivity contribution in [3.8, 4) is 5.75 Å². The number of ether oxygens (including phenoxy) is 1. The topological polar surface area (TPSA) is 58.6 Å². The molecular formula is C18H22BrNO3. The van der Waals surface area contributed by atoms with Gasteiger partial charge in [-0.3, -0.25) is 4.79 Å². The van der Waals surface area contributed by atoms with Crippen LogP contribution in [0, 0.1) is 17.8 Å². The lowest BCUT2D eigenvalue weighted by molar-refractivity contribution is -0.136. The highest BCUT2D eigenvalue weighted by atomic mass is 79.9. The third-order valence-corrected chi connectivity index (χ3v) is 6.44. The first kappa shape index (κ1) is 15.5. The zero-order valence-electron chi connectivity index (χ0n) is 13.2. The number of aliphatic hydroxyl groups is 1. The predicted octanol–water partition coefficient (Wildman–Crippen LogP) is 3.13. The van der Waals surface area contributed by atoms with E-state index in [0.29, 0.717) is 29.1 Å². The Bertz CT molecular complexity index is 631. The van der Waals surface area contributed by atoms with Crippen LogP contribution in [0.25, 0.3) is 0 Å². The maximum atomic E-state index is 12.7. The third kappa shape index (κ3) is 2.68. The molecule has 4 nitrogen and oxygen atoms in total. The van der Waals surface area contributed by atoms with Gasteiger partial charge in [0.05, 0.1) is 18.3 Å². The first-order valence-electron chi connectivity index (χ1n) is 8.34. The van der Waals surface area contributed by atoms with E-state index in [9.17, 15) is 9.90 Å². The van der Waals surface area contributed by atoms with Gasteiger partial charge in [-0.1, -0.05) is 15.9 Å². The summed E-state index contributed by atoms with van der Waals surface area (Å²) < 4.78 is 6.23. The van der Waals surface area contributed by atoms with Gasteiger partial charge in [-0.15, -0.1) is 0 Å². The summed E-state index contributed by atoms with van der Waals surface area (Å²) in [4.78, 5) is 12.7. The van der Waals surface area contributed by atoms with Crippen LogP contribution in [-0.4, -0.2) is 29.8 Å². The Morgan fingerprint density at radius 1 is 1.30 bits per heavy atom. The van der Waals surface area contributed by atoms with Crippen LogP contribution in [0.3, 0.4) is 0 Å². The molecule has 23 heavy (non-hydrogen) atoms. The maximum absolute atomic E-state index is 12.7. The quantitative estimate of drug-likeness (QED) is 0.847. The Hall–Kier alpha value is -1.07. The van der Waals surface area contributed by atoms with Crippen molar-refractivity contribution in [2.24, 2.45) is 17.8 Å². The van der Waals surface area contributed by atoms with Crippen molar-refractivity contribution in [3.63, 3.8) is 0 Å². The largest absolute Gasteiger partial charge is 0.496 e. The van der Waals surface area contributed by atoms with Gasteiger partial charge in [0.25, 0.3) is 5.91 Å². The average molecular weight is 380 g/mol. The van der Waals surface area contributed by atoms with Crippen molar-refractivity contribution < 1.29 is 14.6 Å². The van der Waals surface area contributed by atoms with Gasteiger partial charge < -0.3 is 15.2 Å². The molecule has 2 unspecified atom stereocenters. The minimum atomic E-state index is -0.465. The van der Waals surface area contributed by atoms with Gasteiger partial charge in [0, 0.05) is 10.5 Å². The molecule has 0 spiro atoms. The van der Waals surface area contributed by atoms with E-state index in [0.717, 1.165) is 36.6 Å². The molecule has 4 saturated carbocycles. The zero-order chi connectivity index (χ0) is 16.2. The first-order valence-corrected chi connectivity index (χ1v) is 9.13. The summed E-state index contributed by atoms with van der Waals surface area (Å²) in [6.45, 7) is 0. The average Bonchev–Trinajstić information content (AvgIpc) is 2.48. The molecule has 4 fully saturated rings. The first-order chi connectivity index (χ1) is 11.0. The van der Waals surface area contributed by atoms with Crippen molar-refractivity contribution in [1.82, 2.24) is 5.32 Å². The Morgan fingerprint density at radius 2 is 2.00 bits per heavy atom. The van der Waals surface area contributed by atoms with E-state index in [4.69, 9.17) is 4.74 Å². The minimum Gasteiger partial charge on any atom is -0.496 e. The van der Waals surface area contributed by atoms with E-state index in [1.807, 2.05) is 12.1 Å². The van der Waals surface area contributed by atoms with E-state index >= 15 is 0 Å². The number of nitrogens with one attached hydrogen (secondary N) is 1. The van der Waals surface area contributed by atoms with E-state index in [1.165, 1.54) is 0 Å². The summed E-state index contributed by atoms with van der Waals surface area (Å²) >= 11 is 3.40. The van der Waals surface area contributed by atoms with Crippen molar-refractivity contribution in [3.05, 3.63) is 28.2 Å². The lowest BCUT2D eigenvalue weighted by Gasteiger charge is -2.58. The number of hydrogen-bond acceptors (Lipinski definition) is 3. The van der Waals surface area contributed by atoms with Crippen LogP contribution in [0.2, 0.25) is 0 Å². The lowest BCUT2D eigenvalue weighted by atomic mass is 9.52. The molecule has 0 aliphatic heterocycles. The highest BCUT2D eigenvalue weighted by molar-refractivity contribution is 9.10. The van der Waals surface area contributed by atoms with Crippen molar-refractivity contribution in [2.45, 2.75) is 43.7 Å². The van der Waals surface area contributed by atoms with Crippen molar-refractivity contribution in [1.29, 1.82) is 0 Å². The Labute approximate surface area is 144 Å². The predicted molar refractivity (Wildman–Crippen MR) is 90.5 cm³/mol. The molecule has 4 aliphatic rings. The second kappa shape index (κ2) is 5.49. The van der Waals surface area contributed by atoms with Crippen molar-refractivity contribution >= 4 is 21.8 Å². The Balaban J connectivity index is 1.54. The molecular weight excluding hydrogens is 358 g/mol. The van der Waals surface area contributed by atoms with E-state index in [2.05, 4.69) is 21.2 Å². The SMILES string of the molecule is COc1cc(Br)ccc1C(=O)NC1C2CC3CC1CC(O)(C3)C2. The summed E-state index contributed by atoms with van der Waals surface area (Å²) in [6.07, 6.45) is 4.91. The number of hydrogen-bond donors (Lipinski definition) is 2. The highest BCUT2D eigenvalue weighted by Gasteiger charge is 2.55. The molecule has 5 rings (SSSR count). The highest BCUT2D eigenvalue weighted by Crippen LogP contribution is 2.55. The Kier molecular flexibility index (Phi) is 3.69. The standard InChI is InChI=1S/C18H22BrNO3/c1-23-15-6-13(19)2-3-14(15)17(21)20-16-11-4-10-5-12(16)9-18(22,7-10)8-11/h2-3,6,10-12,16,22H,4-5,7-9H2,1H3,(H,20,21). The van der Waals surface area contributed by atoms with Gasteiger partial charge >= 0.3 is 0 Å². The van der Waals surface area contributed by atoms with Gasteiger partial charge in [-0.05, 0) is 68.1 Å². The fourth-order valence-electron chi connectivity index (χ4n) is 5.30. The van der Waals surface area contributed by atoms with Crippen molar-refractivity contribution in [2.75, 3.05) is 7.11 Å². The molecule has 4 aliphatic carbocycles. The summed E-state index contributed by atoms with van der Waals surface area (Å²) in [5.74, 6) is 1.99. The van der Waals surface area contributed by atoms with Gasteiger partial charge in [-0.25, -0.2) is 0 Å². The number of halogens is 1. The van der Waals surface area contributed by atoms with E-state index in [1.54, 1.807) is 13.2 Å². The molecule has 1 aromatic rings. The van der Waals surface area contributed by atoms with Crippen LogP contribution in [0.4, 0.5) is 0 Å². The van der Waals surface area contributed by atoms with Crippen LogP contribution in [0.15, 0.2) is 22.7 Å². The molecule has 0 radical (unpaired) electrons. The molecule has 1 aromatic carbocycles. The van der Waals surface area contributed by atoms with Crippen LogP contribution in [0.5, 0.6) is 5.75 Å². The summed E-state index contributed by atoms with van der Waals surface area (Å²) in [7, 11) is 1.58. The summed E-state index contributed by atoms with van der Waals surface area (Å²) in [6, 6.07) is 5.65. The zero-order valence-corrected chi connectivity index (χ0v) is 14.8. The van der Waals surface area contributed by atoms with Crippen LogP contribution in [0.1, 0.15) is 42.5 Å².